The number of hydrogen-bond donors (Lipinski definition) is 2. The molecule has 3 N–H and O–H groups in total. The first kappa shape index (κ1) is 16.0. The maximum absolute atomic E-state index is 12.2. The van der Waals surface area contributed by atoms with Crippen LogP contribution in [-0.2, 0) is 4.79 Å². The summed E-state index contributed by atoms with van der Waals surface area (Å²) in [5.74, 6) is -0.377. The standard InChI is InChI=1S/C15H23N3O2/c1-10-8-11(6-7-12(10)16)14(20)18(5)9-13(19)17-15(2,3)4/h6-8H,9,16H2,1-5H3,(H,17,19). The molecule has 0 spiro atoms. The zero-order valence-electron chi connectivity index (χ0n) is 12.8. The highest BCUT2D eigenvalue weighted by atomic mass is 16.2. The summed E-state index contributed by atoms with van der Waals surface area (Å²) in [4.78, 5) is 25.4. The molecule has 5 heteroatoms. The van der Waals surface area contributed by atoms with E-state index >= 15 is 0 Å². The fourth-order valence-electron chi connectivity index (χ4n) is 1.77. The number of nitrogens with two attached hydrogens (primary N) is 1. The van der Waals surface area contributed by atoms with E-state index in [0.717, 1.165) is 5.56 Å². The third-order valence-corrected chi connectivity index (χ3v) is 2.76. The van der Waals surface area contributed by atoms with Crippen molar-refractivity contribution < 1.29 is 9.59 Å². The number of nitrogens with zero attached hydrogens (tertiary/aromatic N) is 1. The predicted octanol–water partition coefficient (Wildman–Crippen LogP) is 1.56. The largest absolute Gasteiger partial charge is 0.399 e. The quantitative estimate of drug-likeness (QED) is 0.823. The summed E-state index contributed by atoms with van der Waals surface area (Å²) in [7, 11) is 1.61. The maximum atomic E-state index is 12.2. The number of nitrogens with one attached hydrogen (secondary N) is 1. The number of carbonyl (C=O) groups is 2. The van der Waals surface area contributed by atoms with E-state index in [1.807, 2.05) is 27.7 Å². The summed E-state index contributed by atoms with van der Waals surface area (Å²) in [6, 6.07) is 5.10. The van der Waals surface area contributed by atoms with Crippen molar-refractivity contribution in [3.63, 3.8) is 0 Å². The van der Waals surface area contributed by atoms with Crippen LogP contribution in [0, 0.1) is 6.92 Å². The topological polar surface area (TPSA) is 75.4 Å². The van der Waals surface area contributed by atoms with Gasteiger partial charge in [-0.05, 0) is 51.5 Å². The van der Waals surface area contributed by atoms with Crippen LogP contribution in [0.25, 0.3) is 0 Å². The number of rotatable bonds is 3. The molecule has 0 fully saturated rings. The number of nitrogen functional groups attached to an aromatic ring is 1. The van der Waals surface area contributed by atoms with Crippen LogP contribution in [-0.4, -0.2) is 35.8 Å². The molecule has 5 nitrogen and oxygen atoms in total. The van der Waals surface area contributed by atoms with Gasteiger partial charge < -0.3 is 16.0 Å². The van der Waals surface area contributed by atoms with E-state index in [1.165, 1.54) is 4.90 Å². The highest BCUT2D eigenvalue weighted by Crippen LogP contribution is 2.14. The Hall–Kier alpha value is -2.04. The van der Waals surface area contributed by atoms with Crippen molar-refractivity contribution in [3.05, 3.63) is 29.3 Å². The SMILES string of the molecule is Cc1cc(C(=O)N(C)CC(=O)NC(C)(C)C)ccc1N. The van der Waals surface area contributed by atoms with Gasteiger partial charge in [-0.15, -0.1) is 0 Å². The van der Waals surface area contributed by atoms with E-state index in [4.69, 9.17) is 5.73 Å². The van der Waals surface area contributed by atoms with Crippen LogP contribution in [0.5, 0.6) is 0 Å². The predicted molar refractivity (Wildman–Crippen MR) is 80.4 cm³/mol. The molecule has 0 aliphatic carbocycles. The molecule has 0 saturated carbocycles. The lowest BCUT2D eigenvalue weighted by atomic mass is 10.1. The van der Waals surface area contributed by atoms with Crippen LogP contribution in [0.15, 0.2) is 18.2 Å². The fraction of sp³-hybridized carbons (Fsp3) is 0.467. The second-order valence-corrected chi connectivity index (χ2v) is 6.03. The molecular formula is C15H23N3O2. The number of anilines is 1. The molecule has 0 aliphatic rings. The summed E-state index contributed by atoms with van der Waals surface area (Å²) in [6.45, 7) is 7.57. The van der Waals surface area contributed by atoms with E-state index in [1.54, 1.807) is 25.2 Å². The minimum absolute atomic E-state index is 0.0273. The molecule has 1 aromatic rings. The smallest absolute Gasteiger partial charge is 0.254 e. The average molecular weight is 277 g/mol. The lowest BCUT2D eigenvalue weighted by Crippen LogP contribution is -2.46. The highest BCUT2D eigenvalue weighted by molar-refractivity contribution is 5.96. The molecule has 2 amide bonds. The number of hydrogen-bond acceptors (Lipinski definition) is 3. The van der Waals surface area contributed by atoms with Crippen molar-refractivity contribution in [1.82, 2.24) is 10.2 Å². The molecule has 0 radical (unpaired) electrons. The van der Waals surface area contributed by atoms with Crippen LogP contribution in [0.1, 0.15) is 36.7 Å². The zero-order valence-corrected chi connectivity index (χ0v) is 12.8. The van der Waals surface area contributed by atoms with Gasteiger partial charge in [-0.3, -0.25) is 9.59 Å². The molecule has 0 atom stereocenters. The molecule has 0 saturated heterocycles. The first-order valence-electron chi connectivity index (χ1n) is 6.53. The lowest BCUT2D eigenvalue weighted by Gasteiger charge is -2.23. The van der Waals surface area contributed by atoms with Gasteiger partial charge in [0.25, 0.3) is 5.91 Å². The molecule has 1 rings (SSSR count). The Bertz CT molecular complexity index is 518. The summed E-state index contributed by atoms with van der Waals surface area (Å²) < 4.78 is 0. The Morgan fingerprint density at radius 2 is 1.90 bits per heavy atom. The maximum Gasteiger partial charge on any atom is 0.254 e. The summed E-state index contributed by atoms with van der Waals surface area (Å²) in [6.07, 6.45) is 0. The van der Waals surface area contributed by atoms with E-state index in [9.17, 15) is 9.59 Å². The summed E-state index contributed by atoms with van der Waals surface area (Å²) in [5, 5.41) is 2.82. The van der Waals surface area contributed by atoms with Gasteiger partial charge in [0.2, 0.25) is 5.91 Å². The first-order chi connectivity index (χ1) is 9.10. The Kier molecular flexibility index (Phi) is 4.76. The number of likely N-dealkylation sites (N-methyl/N-ethyl adjacent to an activating group) is 1. The Morgan fingerprint density at radius 3 is 2.40 bits per heavy atom. The van der Waals surface area contributed by atoms with Gasteiger partial charge in [-0.2, -0.15) is 0 Å². The van der Waals surface area contributed by atoms with Gasteiger partial charge in [0.15, 0.2) is 0 Å². The third kappa shape index (κ3) is 4.57. The first-order valence-corrected chi connectivity index (χ1v) is 6.53. The minimum Gasteiger partial charge on any atom is -0.399 e. The molecule has 1 aromatic carbocycles. The molecular weight excluding hydrogens is 254 g/mol. The number of benzene rings is 1. The van der Waals surface area contributed by atoms with Gasteiger partial charge >= 0.3 is 0 Å². The molecule has 0 aromatic heterocycles. The summed E-state index contributed by atoms with van der Waals surface area (Å²) >= 11 is 0. The summed E-state index contributed by atoms with van der Waals surface area (Å²) in [5.41, 5.74) is 7.45. The molecule has 0 heterocycles. The molecule has 20 heavy (non-hydrogen) atoms. The minimum atomic E-state index is -0.307. The number of carbonyl (C=O) groups excluding carboxylic acids is 2. The van der Waals surface area contributed by atoms with Gasteiger partial charge in [0, 0.05) is 23.8 Å². The van der Waals surface area contributed by atoms with Gasteiger partial charge in [-0.1, -0.05) is 0 Å². The molecule has 110 valence electrons. The van der Waals surface area contributed by atoms with E-state index < -0.39 is 0 Å². The van der Waals surface area contributed by atoms with Crippen molar-refractivity contribution >= 4 is 17.5 Å². The van der Waals surface area contributed by atoms with Crippen molar-refractivity contribution in [2.45, 2.75) is 33.2 Å². The second kappa shape index (κ2) is 5.94. The van der Waals surface area contributed by atoms with Crippen molar-refractivity contribution in [2.75, 3.05) is 19.3 Å². The van der Waals surface area contributed by atoms with Crippen LogP contribution < -0.4 is 11.1 Å². The van der Waals surface area contributed by atoms with E-state index in [-0.39, 0.29) is 23.9 Å². The van der Waals surface area contributed by atoms with Gasteiger partial charge in [0.05, 0.1) is 6.54 Å². The van der Waals surface area contributed by atoms with E-state index in [2.05, 4.69) is 5.32 Å². The van der Waals surface area contributed by atoms with Crippen molar-refractivity contribution in [2.24, 2.45) is 0 Å². The molecule has 0 bridgehead atoms. The number of aryl methyl sites for hydroxylation is 1. The number of amides is 2. The lowest BCUT2D eigenvalue weighted by molar-refractivity contribution is -0.122. The highest BCUT2D eigenvalue weighted by Gasteiger charge is 2.18. The van der Waals surface area contributed by atoms with Crippen LogP contribution >= 0.6 is 0 Å². The van der Waals surface area contributed by atoms with Crippen molar-refractivity contribution in [1.29, 1.82) is 0 Å². The van der Waals surface area contributed by atoms with Crippen LogP contribution in [0.3, 0.4) is 0 Å². The third-order valence-electron chi connectivity index (χ3n) is 2.76. The monoisotopic (exact) mass is 277 g/mol. The Balaban J connectivity index is 2.72. The zero-order chi connectivity index (χ0) is 15.5. The van der Waals surface area contributed by atoms with Gasteiger partial charge in [0.1, 0.15) is 0 Å². The average Bonchev–Trinajstić information content (AvgIpc) is 2.29. The molecule has 0 unspecified atom stereocenters. The Labute approximate surface area is 120 Å². The fourth-order valence-corrected chi connectivity index (χ4v) is 1.77. The van der Waals surface area contributed by atoms with Crippen LogP contribution in [0.2, 0.25) is 0 Å². The Morgan fingerprint density at radius 1 is 1.30 bits per heavy atom. The second-order valence-electron chi connectivity index (χ2n) is 6.03. The molecule has 0 aliphatic heterocycles. The van der Waals surface area contributed by atoms with Crippen molar-refractivity contribution in [3.8, 4) is 0 Å². The van der Waals surface area contributed by atoms with Crippen LogP contribution in [0.4, 0.5) is 5.69 Å². The van der Waals surface area contributed by atoms with Gasteiger partial charge in [-0.25, -0.2) is 0 Å². The normalized spacial score (nSPS) is 11.1. The van der Waals surface area contributed by atoms with E-state index in [0.29, 0.717) is 11.3 Å².